The van der Waals surface area contributed by atoms with Gasteiger partial charge in [0.05, 0.1) is 0 Å². The van der Waals surface area contributed by atoms with Crippen molar-refractivity contribution in [2.75, 3.05) is 14.1 Å². The molecule has 2 amide bonds. The maximum Gasteiger partial charge on any atom is 0.405 e. The van der Waals surface area contributed by atoms with Crippen LogP contribution in [0.3, 0.4) is 0 Å². The molecule has 1 aromatic carbocycles. The highest BCUT2D eigenvalue weighted by Gasteiger charge is 2.23. The monoisotopic (exact) mass is 236 g/mol. The number of benzene rings is 1. The Kier molecular flexibility index (Phi) is 4.51. The summed E-state index contributed by atoms with van der Waals surface area (Å²) in [6.45, 7) is 0. The van der Waals surface area contributed by atoms with Crippen LogP contribution in [0.5, 0.6) is 0 Å². The van der Waals surface area contributed by atoms with Gasteiger partial charge in [-0.1, -0.05) is 30.3 Å². The number of amides is 2. The highest BCUT2D eigenvalue weighted by atomic mass is 16.6. The number of nitrogens with zero attached hydrogens (tertiary/aromatic N) is 1. The van der Waals surface area contributed by atoms with E-state index in [4.69, 9.17) is 10.5 Å². The minimum absolute atomic E-state index is 0.285. The van der Waals surface area contributed by atoms with Crippen LogP contribution in [0, 0.1) is 0 Å². The molecular weight excluding hydrogens is 220 g/mol. The number of primary amides is 1. The van der Waals surface area contributed by atoms with Gasteiger partial charge in [0.25, 0.3) is 5.91 Å². The molecule has 2 N–H and O–H groups in total. The predicted octanol–water partition coefficient (Wildman–Crippen LogP) is 0.781. The zero-order chi connectivity index (χ0) is 12.8. The summed E-state index contributed by atoms with van der Waals surface area (Å²) in [6, 6.07) is 9.31. The Bertz CT molecular complexity index is 390. The number of carbonyl (C=O) groups is 2. The van der Waals surface area contributed by atoms with Crippen molar-refractivity contribution in [3.8, 4) is 0 Å². The maximum absolute atomic E-state index is 11.8. The van der Waals surface area contributed by atoms with Gasteiger partial charge in [-0.2, -0.15) is 0 Å². The number of hydrogen-bond acceptors (Lipinski definition) is 3. The van der Waals surface area contributed by atoms with Gasteiger partial charge in [-0.25, -0.2) is 4.79 Å². The molecule has 1 aromatic rings. The van der Waals surface area contributed by atoms with E-state index in [1.54, 1.807) is 14.1 Å². The molecule has 1 rings (SSSR count). The fraction of sp³-hybridized carbons (Fsp3) is 0.333. The van der Waals surface area contributed by atoms with Gasteiger partial charge in [-0.05, 0) is 5.56 Å². The first-order valence-electron chi connectivity index (χ1n) is 5.22. The molecule has 0 fully saturated rings. The van der Waals surface area contributed by atoms with Gasteiger partial charge in [0.2, 0.25) is 0 Å². The standard InChI is InChI=1S/C12H16N2O3/c1-14(2)11(15)10(17-12(13)16)8-9-6-4-3-5-7-9/h3-7,10H,8H2,1-2H3,(H2,13,16). The summed E-state index contributed by atoms with van der Waals surface area (Å²) >= 11 is 0. The van der Waals surface area contributed by atoms with Crippen LogP contribution in [-0.4, -0.2) is 37.1 Å². The lowest BCUT2D eigenvalue weighted by atomic mass is 10.1. The number of rotatable bonds is 4. The fourth-order valence-corrected chi connectivity index (χ4v) is 1.44. The van der Waals surface area contributed by atoms with Crippen LogP contribution in [0.15, 0.2) is 30.3 Å². The van der Waals surface area contributed by atoms with Gasteiger partial charge < -0.3 is 15.4 Å². The fourth-order valence-electron chi connectivity index (χ4n) is 1.44. The molecule has 17 heavy (non-hydrogen) atoms. The van der Waals surface area contributed by atoms with E-state index in [0.29, 0.717) is 6.42 Å². The van der Waals surface area contributed by atoms with Crippen LogP contribution in [0.1, 0.15) is 5.56 Å². The second-order valence-electron chi connectivity index (χ2n) is 3.85. The average molecular weight is 236 g/mol. The van der Waals surface area contributed by atoms with E-state index >= 15 is 0 Å². The third kappa shape index (κ3) is 4.14. The summed E-state index contributed by atoms with van der Waals surface area (Å²) in [5, 5.41) is 0. The summed E-state index contributed by atoms with van der Waals surface area (Å²) in [5.41, 5.74) is 5.86. The van der Waals surface area contributed by atoms with Crippen LogP contribution in [0.4, 0.5) is 4.79 Å². The number of ether oxygens (including phenoxy) is 1. The quantitative estimate of drug-likeness (QED) is 0.839. The van der Waals surface area contributed by atoms with Crippen molar-refractivity contribution in [2.24, 2.45) is 5.73 Å². The van der Waals surface area contributed by atoms with E-state index in [2.05, 4.69) is 0 Å². The first-order chi connectivity index (χ1) is 8.00. The highest BCUT2D eigenvalue weighted by molar-refractivity contribution is 5.83. The average Bonchev–Trinajstić information content (AvgIpc) is 2.28. The lowest BCUT2D eigenvalue weighted by Crippen LogP contribution is -2.39. The second kappa shape index (κ2) is 5.89. The molecule has 0 radical (unpaired) electrons. The Morgan fingerprint density at radius 2 is 1.88 bits per heavy atom. The minimum Gasteiger partial charge on any atom is -0.436 e. The van der Waals surface area contributed by atoms with E-state index in [9.17, 15) is 9.59 Å². The first-order valence-corrected chi connectivity index (χ1v) is 5.22. The van der Waals surface area contributed by atoms with Crippen molar-refractivity contribution in [1.29, 1.82) is 0 Å². The van der Waals surface area contributed by atoms with Crippen molar-refractivity contribution < 1.29 is 14.3 Å². The second-order valence-corrected chi connectivity index (χ2v) is 3.85. The Hall–Kier alpha value is -2.04. The third-order valence-electron chi connectivity index (χ3n) is 2.24. The molecule has 0 bridgehead atoms. The number of nitrogens with two attached hydrogens (primary N) is 1. The van der Waals surface area contributed by atoms with Crippen molar-refractivity contribution in [3.63, 3.8) is 0 Å². The number of likely N-dealkylation sites (N-methyl/N-ethyl adjacent to an activating group) is 1. The third-order valence-corrected chi connectivity index (χ3v) is 2.24. The molecule has 0 aliphatic rings. The molecule has 0 aromatic heterocycles. The van der Waals surface area contributed by atoms with Gasteiger partial charge in [0.1, 0.15) is 0 Å². The van der Waals surface area contributed by atoms with Gasteiger partial charge in [-0.3, -0.25) is 4.79 Å². The predicted molar refractivity (Wildman–Crippen MR) is 63.3 cm³/mol. The van der Waals surface area contributed by atoms with Crippen molar-refractivity contribution in [2.45, 2.75) is 12.5 Å². The molecule has 1 atom stereocenters. The van der Waals surface area contributed by atoms with Crippen molar-refractivity contribution >= 4 is 12.0 Å². The summed E-state index contributed by atoms with van der Waals surface area (Å²) in [5.74, 6) is -0.285. The topological polar surface area (TPSA) is 72.6 Å². The highest BCUT2D eigenvalue weighted by Crippen LogP contribution is 2.08. The Morgan fingerprint density at radius 1 is 1.29 bits per heavy atom. The van der Waals surface area contributed by atoms with Crippen LogP contribution in [0.2, 0.25) is 0 Å². The van der Waals surface area contributed by atoms with Crippen LogP contribution in [0.25, 0.3) is 0 Å². The minimum atomic E-state index is -0.943. The number of carbonyl (C=O) groups excluding carboxylic acids is 2. The van der Waals surface area contributed by atoms with E-state index in [1.165, 1.54) is 4.90 Å². The van der Waals surface area contributed by atoms with Gasteiger partial charge in [0.15, 0.2) is 6.10 Å². The van der Waals surface area contributed by atoms with E-state index in [1.807, 2.05) is 30.3 Å². The zero-order valence-electron chi connectivity index (χ0n) is 9.92. The van der Waals surface area contributed by atoms with Crippen LogP contribution >= 0.6 is 0 Å². The maximum atomic E-state index is 11.8. The van der Waals surface area contributed by atoms with Gasteiger partial charge >= 0.3 is 6.09 Å². The first kappa shape index (κ1) is 13.0. The normalized spacial score (nSPS) is 11.6. The summed E-state index contributed by atoms with van der Waals surface area (Å²) in [7, 11) is 3.20. The van der Waals surface area contributed by atoms with E-state index < -0.39 is 12.2 Å². The molecule has 0 saturated carbocycles. The lowest BCUT2D eigenvalue weighted by Gasteiger charge is -2.19. The van der Waals surface area contributed by atoms with E-state index in [0.717, 1.165) is 5.56 Å². The van der Waals surface area contributed by atoms with Gasteiger partial charge in [-0.15, -0.1) is 0 Å². The Morgan fingerprint density at radius 3 is 2.35 bits per heavy atom. The molecule has 0 heterocycles. The molecule has 0 saturated heterocycles. The molecule has 0 aliphatic heterocycles. The molecule has 92 valence electrons. The molecule has 5 heteroatoms. The molecule has 0 aliphatic carbocycles. The molecule has 0 spiro atoms. The molecule has 1 unspecified atom stereocenters. The summed E-state index contributed by atoms with van der Waals surface area (Å²) in [6.07, 6.45) is -1.49. The lowest BCUT2D eigenvalue weighted by molar-refractivity contribution is -0.137. The van der Waals surface area contributed by atoms with Crippen molar-refractivity contribution in [3.05, 3.63) is 35.9 Å². The summed E-state index contributed by atoms with van der Waals surface area (Å²) < 4.78 is 4.83. The zero-order valence-corrected chi connectivity index (χ0v) is 9.92. The van der Waals surface area contributed by atoms with E-state index in [-0.39, 0.29) is 5.91 Å². The Balaban J connectivity index is 2.77. The SMILES string of the molecule is CN(C)C(=O)C(Cc1ccccc1)OC(N)=O. The van der Waals surface area contributed by atoms with Gasteiger partial charge in [0, 0.05) is 20.5 Å². The largest absolute Gasteiger partial charge is 0.436 e. The smallest absolute Gasteiger partial charge is 0.405 e. The van der Waals surface area contributed by atoms with Crippen molar-refractivity contribution in [1.82, 2.24) is 4.90 Å². The van der Waals surface area contributed by atoms with Crippen LogP contribution < -0.4 is 5.73 Å². The van der Waals surface area contributed by atoms with Crippen LogP contribution in [-0.2, 0) is 16.0 Å². The number of hydrogen-bond donors (Lipinski definition) is 1. The molecule has 5 nitrogen and oxygen atoms in total. The summed E-state index contributed by atoms with van der Waals surface area (Å²) in [4.78, 5) is 23.9. The Labute approximate surface area is 100 Å². The molecular formula is C12H16N2O3.